The van der Waals surface area contributed by atoms with E-state index in [1.165, 1.54) is 18.4 Å². The largest absolute Gasteiger partial charge is 0.340 e. The van der Waals surface area contributed by atoms with Crippen molar-refractivity contribution in [3.63, 3.8) is 0 Å². The minimum Gasteiger partial charge on any atom is -0.340 e. The number of nitrogens with zero attached hydrogens (tertiary/aromatic N) is 2. The molecule has 2 aliphatic rings. The third-order valence-electron chi connectivity index (χ3n) is 4.06. The predicted molar refractivity (Wildman–Crippen MR) is 81.8 cm³/mol. The number of carbonyl (C=O) groups excluding carboxylic acids is 1. The molecule has 0 spiro atoms. The smallest absolute Gasteiger partial charge is 0.223 e. The Balaban J connectivity index is 1.35. The summed E-state index contributed by atoms with van der Waals surface area (Å²) < 4.78 is 0. The first-order chi connectivity index (χ1) is 9.81. The summed E-state index contributed by atoms with van der Waals surface area (Å²) in [7, 11) is 0. The normalized spacial score (nSPS) is 20.3. The molecule has 5 heteroatoms. The Hall–Kier alpha value is -0.910. The summed E-state index contributed by atoms with van der Waals surface area (Å²) in [5.41, 5.74) is 1.39. The van der Waals surface area contributed by atoms with E-state index in [2.05, 4.69) is 27.0 Å². The van der Waals surface area contributed by atoms with E-state index in [0.717, 1.165) is 39.3 Å². The van der Waals surface area contributed by atoms with Crippen LogP contribution in [0.1, 0.15) is 24.8 Å². The first kappa shape index (κ1) is 14.0. The van der Waals surface area contributed by atoms with Gasteiger partial charge < -0.3 is 10.2 Å². The maximum Gasteiger partial charge on any atom is 0.223 e. The van der Waals surface area contributed by atoms with Gasteiger partial charge >= 0.3 is 0 Å². The first-order valence-corrected chi connectivity index (χ1v) is 8.50. The lowest BCUT2D eigenvalue weighted by Crippen LogP contribution is -2.48. The Morgan fingerprint density at radius 2 is 2.10 bits per heavy atom. The van der Waals surface area contributed by atoms with Crippen molar-refractivity contribution in [2.75, 3.05) is 32.7 Å². The van der Waals surface area contributed by atoms with E-state index in [1.807, 2.05) is 4.90 Å². The van der Waals surface area contributed by atoms with Crippen LogP contribution in [0.15, 0.2) is 16.8 Å². The van der Waals surface area contributed by atoms with Gasteiger partial charge in [0.1, 0.15) is 0 Å². The number of nitrogens with one attached hydrogen (secondary N) is 1. The number of carbonyl (C=O) groups is 1. The first-order valence-electron chi connectivity index (χ1n) is 7.56. The van der Waals surface area contributed by atoms with Gasteiger partial charge in [0.25, 0.3) is 0 Å². The van der Waals surface area contributed by atoms with E-state index < -0.39 is 0 Å². The van der Waals surface area contributed by atoms with Crippen LogP contribution in [0, 0.1) is 0 Å². The second-order valence-corrected chi connectivity index (χ2v) is 6.55. The molecule has 1 aromatic rings. The second kappa shape index (κ2) is 6.70. The molecule has 1 aliphatic carbocycles. The molecule has 1 aromatic heterocycles. The Kier molecular flexibility index (Phi) is 4.70. The molecule has 20 heavy (non-hydrogen) atoms. The van der Waals surface area contributed by atoms with Gasteiger partial charge in [-0.1, -0.05) is 0 Å². The molecule has 1 N–H and O–H groups in total. The molecule has 1 amide bonds. The van der Waals surface area contributed by atoms with Gasteiger partial charge in [-0.3, -0.25) is 9.69 Å². The van der Waals surface area contributed by atoms with Crippen molar-refractivity contribution in [3.8, 4) is 0 Å². The van der Waals surface area contributed by atoms with Crippen LogP contribution < -0.4 is 5.32 Å². The van der Waals surface area contributed by atoms with Gasteiger partial charge in [0.2, 0.25) is 5.91 Å². The summed E-state index contributed by atoms with van der Waals surface area (Å²) in [4.78, 5) is 16.6. The zero-order chi connectivity index (χ0) is 13.8. The van der Waals surface area contributed by atoms with Gasteiger partial charge in [0, 0.05) is 51.7 Å². The SMILES string of the molecule is O=C(CCNC1CC1)N1CCN(Cc2ccsc2)CC1. The van der Waals surface area contributed by atoms with Crippen molar-refractivity contribution in [3.05, 3.63) is 22.4 Å². The van der Waals surface area contributed by atoms with Gasteiger partial charge in [0.15, 0.2) is 0 Å². The van der Waals surface area contributed by atoms with Gasteiger partial charge in [0.05, 0.1) is 0 Å². The third kappa shape index (κ3) is 4.04. The van der Waals surface area contributed by atoms with Gasteiger partial charge in [-0.2, -0.15) is 11.3 Å². The minimum atomic E-state index is 0.313. The van der Waals surface area contributed by atoms with E-state index in [9.17, 15) is 4.79 Å². The van der Waals surface area contributed by atoms with Crippen LogP contribution in [-0.2, 0) is 11.3 Å². The fourth-order valence-electron chi connectivity index (χ4n) is 2.62. The van der Waals surface area contributed by atoms with E-state index in [1.54, 1.807) is 11.3 Å². The van der Waals surface area contributed by atoms with Crippen molar-refractivity contribution < 1.29 is 4.79 Å². The number of hydrogen-bond donors (Lipinski definition) is 1. The lowest BCUT2D eigenvalue weighted by Gasteiger charge is -2.34. The van der Waals surface area contributed by atoms with Crippen LogP contribution in [0.25, 0.3) is 0 Å². The molecule has 0 bridgehead atoms. The maximum atomic E-state index is 12.1. The summed E-state index contributed by atoms with van der Waals surface area (Å²) in [5.74, 6) is 0.313. The van der Waals surface area contributed by atoms with Crippen molar-refractivity contribution >= 4 is 17.2 Å². The summed E-state index contributed by atoms with van der Waals surface area (Å²) >= 11 is 1.75. The van der Waals surface area contributed by atoms with Crippen molar-refractivity contribution in [1.29, 1.82) is 0 Å². The Morgan fingerprint density at radius 3 is 2.75 bits per heavy atom. The zero-order valence-corrected chi connectivity index (χ0v) is 12.7. The molecule has 4 nitrogen and oxygen atoms in total. The van der Waals surface area contributed by atoms with Gasteiger partial charge in [-0.15, -0.1) is 0 Å². The third-order valence-corrected chi connectivity index (χ3v) is 4.79. The highest BCUT2D eigenvalue weighted by Crippen LogP contribution is 2.18. The highest BCUT2D eigenvalue weighted by molar-refractivity contribution is 7.07. The van der Waals surface area contributed by atoms with Crippen LogP contribution >= 0.6 is 11.3 Å². The molecule has 1 saturated carbocycles. The van der Waals surface area contributed by atoms with Crippen LogP contribution in [0.2, 0.25) is 0 Å². The molecule has 1 aliphatic heterocycles. The van der Waals surface area contributed by atoms with E-state index in [-0.39, 0.29) is 0 Å². The molecule has 0 atom stereocenters. The monoisotopic (exact) mass is 293 g/mol. The van der Waals surface area contributed by atoms with Gasteiger partial charge in [-0.25, -0.2) is 0 Å². The van der Waals surface area contributed by atoms with Gasteiger partial charge in [-0.05, 0) is 35.2 Å². The van der Waals surface area contributed by atoms with Crippen LogP contribution in [0.5, 0.6) is 0 Å². The van der Waals surface area contributed by atoms with Crippen molar-refractivity contribution in [2.45, 2.75) is 31.8 Å². The average molecular weight is 293 g/mol. The number of piperazine rings is 1. The summed E-state index contributed by atoms with van der Waals surface area (Å²) in [5, 5.41) is 7.74. The molecular weight excluding hydrogens is 270 g/mol. The zero-order valence-electron chi connectivity index (χ0n) is 11.9. The molecule has 0 unspecified atom stereocenters. The molecule has 110 valence electrons. The lowest BCUT2D eigenvalue weighted by molar-refractivity contribution is -0.132. The highest BCUT2D eigenvalue weighted by Gasteiger charge is 2.23. The Morgan fingerprint density at radius 1 is 1.30 bits per heavy atom. The molecule has 2 heterocycles. The topological polar surface area (TPSA) is 35.6 Å². The lowest BCUT2D eigenvalue weighted by atomic mass is 10.2. The van der Waals surface area contributed by atoms with E-state index in [0.29, 0.717) is 18.4 Å². The fourth-order valence-corrected chi connectivity index (χ4v) is 3.28. The quantitative estimate of drug-likeness (QED) is 0.864. The number of hydrogen-bond acceptors (Lipinski definition) is 4. The average Bonchev–Trinajstić information content (AvgIpc) is 3.15. The molecule has 1 saturated heterocycles. The molecule has 0 aromatic carbocycles. The molecule has 3 rings (SSSR count). The van der Waals surface area contributed by atoms with Crippen LogP contribution in [0.4, 0.5) is 0 Å². The second-order valence-electron chi connectivity index (χ2n) is 5.77. The summed E-state index contributed by atoms with van der Waals surface area (Å²) in [6.45, 7) is 5.63. The van der Waals surface area contributed by atoms with E-state index in [4.69, 9.17) is 0 Å². The van der Waals surface area contributed by atoms with Crippen LogP contribution in [0.3, 0.4) is 0 Å². The molecule has 0 radical (unpaired) electrons. The maximum absolute atomic E-state index is 12.1. The van der Waals surface area contributed by atoms with Crippen molar-refractivity contribution in [2.24, 2.45) is 0 Å². The summed E-state index contributed by atoms with van der Waals surface area (Å²) in [6, 6.07) is 2.89. The summed E-state index contributed by atoms with van der Waals surface area (Å²) in [6.07, 6.45) is 3.23. The predicted octanol–water partition coefficient (Wildman–Crippen LogP) is 1.53. The molecule has 2 fully saturated rings. The van der Waals surface area contributed by atoms with Crippen LogP contribution in [-0.4, -0.2) is 54.5 Å². The Labute approximate surface area is 124 Å². The van der Waals surface area contributed by atoms with E-state index >= 15 is 0 Å². The number of thiophene rings is 1. The van der Waals surface area contributed by atoms with Crippen molar-refractivity contribution in [1.82, 2.24) is 15.1 Å². The minimum absolute atomic E-state index is 0.313. The number of amides is 1. The number of rotatable bonds is 6. The Bertz CT molecular complexity index is 422. The molecular formula is C15H23N3OS. The fraction of sp³-hybridized carbons (Fsp3) is 0.667. The highest BCUT2D eigenvalue weighted by atomic mass is 32.1. The standard InChI is InChI=1S/C15H23N3OS/c19-15(3-5-16-14-1-2-14)18-8-6-17(7-9-18)11-13-4-10-20-12-13/h4,10,12,14,16H,1-3,5-9,11H2.